The second kappa shape index (κ2) is 6.06. The molecule has 2 aromatic carbocycles. The molecule has 0 radical (unpaired) electrons. The molecule has 0 aliphatic heterocycles. The van der Waals surface area contributed by atoms with Crippen molar-refractivity contribution in [2.24, 2.45) is 0 Å². The van der Waals surface area contributed by atoms with E-state index in [1.165, 1.54) is 22.1 Å². The Balaban J connectivity index is 2.09. The third-order valence-corrected chi connectivity index (χ3v) is 4.00. The molecule has 106 valence electrons. The molecule has 0 aliphatic carbocycles. The molecular weight excluding hydrogens is 256 g/mol. The van der Waals surface area contributed by atoms with Crippen molar-refractivity contribution < 1.29 is 0 Å². The van der Waals surface area contributed by atoms with Crippen LogP contribution in [0.5, 0.6) is 0 Å². The number of aryl methyl sites for hydroxylation is 1. The summed E-state index contributed by atoms with van der Waals surface area (Å²) in [6.45, 7) is 2.18. The van der Waals surface area contributed by atoms with Crippen LogP contribution in [-0.2, 0) is 6.42 Å². The van der Waals surface area contributed by atoms with Crippen molar-refractivity contribution >= 4 is 10.9 Å². The molecule has 0 amide bonds. The summed E-state index contributed by atoms with van der Waals surface area (Å²) >= 11 is 0. The van der Waals surface area contributed by atoms with Crippen LogP contribution in [-0.4, -0.2) is 12.0 Å². The normalized spacial score (nSPS) is 12.5. The van der Waals surface area contributed by atoms with Gasteiger partial charge in [-0.25, -0.2) is 0 Å². The summed E-state index contributed by atoms with van der Waals surface area (Å²) in [5, 5.41) is 4.64. The number of hydrogen-bond donors (Lipinski definition) is 1. The van der Waals surface area contributed by atoms with Gasteiger partial charge in [0.15, 0.2) is 0 Å². The molecule has 0 saturated heterocycles. The van der Waals surface area contributed by atoms with Crippen molar-refractivity contribution in [1.82, 2.24) is 10.3 Å². The number of nitrogens with zero attached hydrogens (tertiary/aromatic N) is 1. The quantitative estimate of drug-likeness (QED) is 0.776. The molecule has 2 nitrogen and oxygen atoms in total. The van der Waals surface area contributed by atoms with E-state index in [0.717, 1.165) is 11.9 Å². The highest BCUT2D eigenvalue weighted by Crippen LogP contribution is 2.27. The molecule has 0 saturated carbocycles. The Morgan fingerprint density at radius 3 is 2.48 bits per heavy atom. The Morgan fingerprint density at radius 1 is 1.00 bits per heavy atom. The Labute approximate surface area is 125 Å². The Kier molecular flexibility index (Phi) is 3.98. The third-order valence-electron chi connectivity index (χ3n) is 4.00. The van der Waals surface area contributed by atoms with Crippen LogP contribution < -0.4 is 5.32 Å². The molecule has 0 aliphatic rings. The van der Waals surface area contributed by atoms with E-state index in [0.29, 0.717) is 0 Å². The monoisotopic (exact) mass is 276 g/mol. The van der Waals surface area contributed by atoms with Crippen LogP contribution in [0.25, 0.3) is 10.9 Å². The van der Waals surface area contributed by atoms with Crippen molar-refractivity contribution in [3.63, 3.8) is 0 Å². The van der Waals surface area contributed by atoms with Crippen molar-refractivity contribution in [3.05, 3.63) is 77.5 Å². The fourth-order valence-electron chi connectivity index (χ4n) is 2.82. The zero-order valence-electron chi connectivity index (χ0n) is 12.5. The van der Waals surface area contributed by atoms with Crippen LogP contribution in [0.15, 0.2) is 60.8 Å². The fraction of sp³-hybridized carbons (Fsp3) is 0.211. The number of nitrogens with one attached hydrogen (secondary N) is 1. The lowest BCUT2D eigenvalue weighted by Gasteiger charge is -2.19. The summed E-state index contributed by atoms with van der Waals surface area (Å²) in [6, 6.07) is 19.5. The number of pyridine rings is 1. The van der Waals surface area contributed by atoms with Gasteiger partial charge in [0.25, 0.3) is 0 Å². The average molecular weight is 276 g/mol. The smallest absolute Gasteiger partial charge is 0.0705 e. The number of benzene rings is 2. The maximum Gasteiger partial charge on any atom is 0.0705 e. The number of hydrogen-bond acceptors (Lipinski definition) is 2. The van der Waals surface area contributed by atoms with Crippen molar-refractivity contribution in [3.8, 4) is 0 Å². The SMILES string of the molecule is CCc1ccc(C(NC)c2ccnc3ccccc23)cc1. The first-order valence-electron chi connectivity index (χ1n) is 7.43. The first-order chi connectivity index (χ1) is 10.3. The first-order valence-corrected chi connectivity index (χ1v) is 7.43. The molecule has 3 rings (SSSR count). The van der Waals surface area contributed by atoms with Gasteiger partial charge in [-0.1, -0.05) is 49.4 Å². The summed E-state index contributed by atoms with van der Waals surface area (Å²) in [5.41, 5.74) is 4.96. The highest BCUT2D eigenvalue weighted by atomic mass is 14.9. The molecule has 0 spiro atoms. The predicted octanol–water partition coefficient (Wildman–Crippen LogP) is 4.11. The van der Waals surface area contributed by atoms with Gasteiger partial charge < -0.3 is 5.32 Å². The van der Waals surface area contributed by atoms with Crippen LogP contribution in [0.2, 0.25) is 0 Å². The fourth-order valence-corrected chi connectivity index (χ4v) is 2.82. The molecular formula is C19H20N2. The van der Waals surface area contributed by atoms with E-state index in [2.05, 4.69) is 65.8 Å². The lowest BCUT2D eigenvalue weighted by Crippen LogP contribution is -2.18. The molecule has 1 atom stereocenters. The number of para-hydroxylation sites is 1. The molecule has 0 fully saturated rings. The van der Waals surface area contributed by atoms with E-state index in [1.54, 1.807) is 0 Å². The zero-order chi connectivity index (χ0) is 14.7. The van der Waals surface area contributed by atoms with Gasteiger partial charge in [-0.15, -0.1) is 0 Å². The van der Waals surface area contributed by atoms with Crippen molar-refractivity contribution in [1.29, 1.82) is 0 Å². The average Bonchev–Trinajstić information content (AvgIpc) is 2.56. The van der Waals surface area contributed by atoms with Crippen molar-refractivity contribution in [2.45, 2.75) is 19.4 Å². The third kappa shape index (κ3) is 2.67. The maximum absolute atomic E-state index is 4.45. The summed E-state index contributed by atoms with van der Waals surface area (Å²) in [5.74, 6) is 0. The predicted molar refractivity (Wildman–Crippen MR) is 88.5 cm³/mol. The van der Waals surface area contributed by atoms with E-state index in [4.69, 9.17) is 0 Å². The summed E-state index contributed by atoms with van der Waals surface area (Å²) < 4.78 is 0. The van der Waals surface area contributed by atoms with E-state index >= 15 is 0 Å². The topological polar surface area (TPSA) is 24.9 Å². The van der Waals surface area contributed by atoms with Gasteiger partial charge in [0.2, 0.25) is 0 Å². The van der Waals surface area contributed by atoms with Crippen LogP contribution in [0.3, 0.4) is 0 Å². The minimum atomic E-state index is 0.184. The van der Waals surface area contributed by atoms with Crippen LogP contribution in [0.1, 0.15) is 29.7 Å². The Hall–Kier alpha value is -2.19. The minimum Gasteiger partial charge on any atom is -0.309 e. The van der Waals surface area contributed by atoms with Gasteiger partial charge in [0, 0.05) is 11.6 Å². The number of fused-ring (bicyclic) bond motifs is 1. The molecule has 2 heteroatoms. The van der Waals surface area contributed by atoms with E-state index in [9.17, 15) is 0 Å². The summed E-state index contributed by atoms with van der Waals surface area (Å²) in [7, 11) is 2.01. The molecule has 1 aromatic heterocycles. The lowest BCUT2D eigenvalue weighted by molar-refractivity contribution is 0.696. The van der Waals surface area contributed by atoms with E-state index in [1.807, 2.05) is 19.3 Å². The summed E-state index contributed by atoms with van der Waals surface area (Å²) in [4.78, 5) is 4.45. The zero-order valence-corrected chi connectivity index (χ0v) is 12.5. The van der Waals surface area contributed by atoms with Gasteiger partial charge in [0.05, 0.1) is 11.6 Å². The molecule has 3 aromatic rings. The summed E-state index contributed by atoms with van der Waals surface area (Å²) in [6.07, 6.45) is 2.96. The minimum absolute atomic E-state index is 0.184. The largest absolute Gasteiger partial charge is 0.309 e. The highest BCUT2D eigenvalue weighted by molar-refractivity contribution is 5.82. The molecule has 1 N–H and O–H groups in total. The second-order valence-electron chi connectivity index (χ2n) is 5.23. The van der Waals surface area contributed by atoms with Crippen LogP contribution >= 0.6 is 0 Å². The van der Waals surface area contributed by atoms with E-state index in [-0.39, 0.29) is 6.04 Å². The van der Waals surface area contributed by atoms with Crippen LogP contribution in [0.4, 0.5) is 0 Å². The number of rotatable bonds is 4. The molecule has 0 bridgehead atoms. The lowest BCUT2D eigenvalue weighted by atomic mass is 9.95. The Bertz CT molecular complexity index is 727. The van der Waals surface area contributed by atoms with Gasteiger partial charge >= 0.3 is 0 Å². The maximum atomic E-state index is 4.45. The molecule has 1 unspecified atom stereocenters. The molecule has 21 heavy (non-hydrogen) atoms. The van der Waals surface area contributed by atoms with E-state index < -0.39 is 0 Å². The van der Waals surface area contributed by atoms with Gasteiger partial charge in [-0.05, 0) is 42.3 Å². The van der Waals surface area contributed by atoms with Gasteiger partial charge in [0.1, 0.15) is 0 Å². The van der Waals surface area contributed by atoms with Gasteiger partial charge in [-0.2, -0.15) is 0 Å². The van der Waals surface area contributed by atoms with Crippen molar-refractivity contribution in [2.75, 3.05) is 7.05 Å². The Morgan fingerprint density at radius 2 is 1.76 bits per heavy atom. The second-order valence-corrected chi connectivity index (χ2v) is 5.23. The van der Waals surface area contributed by atoms with Gasteiger partial charge in [-0.3, -0.25) is 4.98 Å². The first kappa shape index (κ1) is 13.8. The highest BCUT2D eigenvalue weighted by Gasteiger charge is 2.14. The van der Waals surface area contributed by atoms with Crippen LogP contribution in [0, 0.1) is 0 Å². The number of aromatic nitrogens is 1. The molecule has 1 heterocycles. The standard InChI is InChI=1S/C19H20N2/c1-3-14-8-10-15(11-9-14)19(20-2)17-12-13-21-18-7-5-4-6-16(17)18/h4-13,19-20H,3H2,1-2H3.